The summed E-state index contributed by atoms with van der Waals surface area (Å²) < 4.78 is 28.4. The molecule has 1 aliphatic heterocycles. The second-order valence-electron chi connectivity index (χ2n) is 8.23. The van der Waals surface area contributed by atoms with Crippen molar-refractivity contribution in [3.05, 3.63) is 58.6 Å². The predicted molar refractivity (Wildman–Crippen MR) is 130 cm³/mol. The van der Waals surface area contributed by atoms with Crippen molar-refractivity contribution in [2.75, 3.05) is 24.4 Å². The maximum Gasteiger partial charge on any atom is 0.261 e. The van der Waals surface area contributed by atoms with Gasteiger partial charge in [-0.15, -0.1) is 0 Å². The van der Waals surface area contributed by atoms with Crippen LogP contribution in [-0.4, -0.2) is 44.9 Å². The highest BCUT2D eigenvalue weighted by Crippen LogP contribution is 2.24. The second kappa shape index (κ2) is 11.2. The van der Waals surface area contributed by atoms with Crippen LogP contribution in [0.4, 0.5) is 5.69 Å². The molecule has 1 aliphatic rings. The summed E-state index contributed by atoms with van der Waals surface area (Å²) in [5, 5.41) is 3.24. The van der Waals surface area contributed by atoms with Gasteiger partial charge in [0, 0.05) is 24.8 Å². The number of hydrogen-bond acceptors (Lipinski definition) is 4. The van der Waals surface area contributed by atoms with Gasteiger partial charge in [-0.2, -0.15) is 0 Å². The number of benzene rings is 2. The summed E-state index contributed by atoms with van der Waals surface area (Å²) in [7, 11) is -3.85. The van der Waals surface area contributed by atoms with E-state index in [4.69, 9.17) is 11.6 Å². The van der Waals surface area contributed by atoms with E-state index >= 15 is 0 Å². The van der Waals surface area contributed by atoms with Crippen LogP contribution in [0.15, 0.2) is 47.4 Å². The lowest BCUT2D eigenvalue weighted by atomic mass is 10.0. The van der Waals surface area contributed by atoms with E-state index in [-0.39, 0.29) is 27.4 Å². The quantitative estimate of drug-likeness (QED) is 0.548. The lowest BCUT2D eigenvalue weighted by Gasteiger charge is -2.31. The van der Waals surface area contributed by atoms with Crippen molar-refractivity contribution < 1.29 is 13.2 Å². The van der Waals surface area contributed by atoms with Gasteiger partial charge in [-0.05, 0) is 68.1 Å². The first-order valence-electron chi connectivity index (χ1n) is 11.3. The highest BCUT2D eigenvalue weighted by molar-refractivity contribution is 7.92. The zero-order chi connectivity index (χ0) is 23.1. The Morgan fingerprint density at radius 2 is 1.78 bits per heavy atom. The van der Waals surface area contributed by atoms with Gasteiger partial charge in [-0.1, -0.05) is 44.0 Å². The minimum absolute atomic E-state index is 0.00270. The third kappa shape index (κ3) is 6.47. The molecule has 3 rings (SSSR count). The molecular formula is C24H32ClN3O3S. The van der Waals surface area contributed by atoms with Crippen LogP contribution in [0.1, 0.15) is 55.5 Å². The van der Waals surface area contributed by atoms with Crippen LogP contribution < -0.4 is 10.0 Å². The molecule has 1 amide bonds. The first-order chi connectivity index (χ1) is 15.3. The van der Waals surface area contributed by atoms with Crippen LogP contribution in [0.25, 0.3) is 0 Å². The van der Waals surface area contributed by atoms with Crippen LogP contribution in [-0.2, 0) is 16.4 Å². The molecule has 0 unspecified atom stereocenters. The summed E-state index contributed by atoms with van der Waals surface area (Å²) in [6.45, 7) is 7.13. The minimum atomic E-state index is -3.85. The van der Waals surface area contributed by atoms with E-state index in [1.807, 2.05) is 12.1 Å². The van der Waals surface area contributed by atoms with Gasteiger partial charge in [0.15, 0.2) is 0 Å². The average molecular weight is 478 g/mol. The van der Waals surface area contributed by atoms with Gasteiger partial charge < -0.3 is 10.2 Å². The fourth-order valence-electron chi connectivity index (χ4n) is 3.84. The molecule has 0 radical (unpaired) electrons. The van der Waals surface area contributed by atoms with Crippen molar-refractivity contribution in [3.8, 4) is 0 Å². The Bertz CT molecular complexity index is 1020. The molecule has 174 valence electrons. The molecule has 2 N–H and O–H groups in total. The number of rotatable bonds is 9. The minimum Gasteiger partial charge on any atom is -0.349 e. The average Bonchev–Trinajstić information content (AvgIpc) is 2.79. The van der Waals surface area contributed by atoms with Gasteiger partial charge in [-0.3, -0.25) is 9.52 Å². The van der Waals surface area contributed by atoms with Crippen LogP contribution in [0.5, 0.6) is 0 Å². The Morgan fingerprint density at radius 3 is 2.41 bits per heavy atom. The number of likely N-dealkylation sites (tertiary alicyclic amines) is 1. The van der Waals surface area contributed by atoms with Gasteiger partial charge in [0.25, 0.3) is 15.9 Å². The van der Waals surface area contributed by atoms with Gasteiger partial charge >= 0.3 is 0 Å². The molecule has 0 spiro atoms. The topological polar surface area (TPSA) is 78.5 Å². The second-order valence-corrected chi connectivity index (χ2v) is 10.3. The maximum atomic E-state index is 12.9. The standard InChI is InChI=1S/C24H32ClN3O3S/c1-3-5-6-18-7-9-20(10-8-18)27-32(30,31)21-11-12-23(25)22(17-21)24(29)26-19-13-15-28(4-2)16-14-19/h7-12,17,19,27H,3-6,13-16H2,1-2H3,(H,26,29). The molecule has 1 fully saturated rings. The fourth-order valence-corrected chi connectivity index (χ4v) is 5.12. The van der Waals surface area contributed by atoms with Gasteiger partial charge in [0.2, 0.25) is 0 Å². The Kier molecular flexibility index (Phi) is 8.57. The summed E-state index contributed by atoms with van der Waals surface area (Å²) in [5.41, 5.74) is 1.82. The molecular weight excluding hydrogens is 446 g/mol. The van der Waals surface area contributed by atoms with Gasteiger partial charge in [0.1, 0.15) is 0 Å². The molecule has 0 bridgehead atoms. The summed E-state index contributed by atoms with van der Waals surface area (Å²) in [6, 6.07) is 11.7. The monoisotopic (exact) mass is 477 g/mol. The van der Waals surface area contributed by atoms with Crippen molar-refractivity contribution >= 4 is 33.2 Å². The number of carbonyl (C=O) groups is 1. The number of nitrogens with zero attached hydrogens (tertiary/aromatic N) is 1. The fraction of sp³-hybridized carbons (Fsp3) is 0.458. The van der Waals surface area contributed by atoms with E-state index in [0.29, 0.717) is 5.69 Å². The van der Waals surface area contributed by atoms with E-state index in [1.165, 1.54) is 23.8 Å². The van der Waals surface area contributed by atoms with Crippen molar-refractivity contribution in [2.24, 2.45) is 0 Å². The highest BCUT2D eigenvalue weighted by atomic mass is 35.5. The SMILES string of the molecule is CCCCc1ccc(NS(=O)(=O)c2ccc(Cl)c(C(=O)NC3CCN(CC)CC3)c2)cc1. The maximum absolute atomic E-state index is 12.9. The summed E-state index contributed by atoms with van der Waals surface area (Å²) >= 11 is 6.24. The molecule has 6 nitrogen and oxygen atoms in total. The Labute approximate surface area is 196 Å². The van der Waals surface area contributed by atoms with E-state index < -0.39 is 10.0 Å². The van der Waals surface area contributed by atoms with Crippen LogP contribution in [0, 0.1) is 0 Å². The zero-order valence-electron chi connectivity index (χ0n) is 18.7. The van der Waals surface area contributed by atoms with E-state index in [2.05, 4.69) is 28.8 Å². The third-order valence-electron chi connectivity index (χ3n) is 5.89. The first-order valence-corrected chi connectivity index (χ1v) is 13.1. The molecule has 0 saturated carbocycles. The first kappa shape index (κ1) is 24.6. The smallest absolute Gasteiger partial charge is 0.261 e. The van der Waals surface area contributed by atoms with Gasteiger partial charge in [0.05, 0.1) is 15.5 Å². The van der Waals surface area contributed by atoms with Crippen LogP contribution in [0.2, 0.25) is 5.02 Å². The predicted octanol–water partition coefficient (Wildman–Crippen LogP) is 4.70. The number of aryl methyl sites for hydroxylation is 1. The number of amides is 1. The van der Waals surface area contributed by atoms with E-state index in [9.17, 15) is 13.2 Å². The lowest BCUT2D eigenvalue weighted by Crippen LogP contribution is -2.44. The molecule has 1 saturated heterocycles. The number of carbonyl (C=O) groups excluding carboxylic acids is 1. The summed E-state index contributed by atoms with van der Waals surface area (Å²) in [4.78, 5) is 15.2. The molecule has 0 aromatic heterocycles. The van der Waals surface area contributed by atoms with E-state index in [1.54, 1.807) is 12.1 Å². The molecule has 0 atom stereocenters. The largest absolute Gasteiger partial charge is 0.349 e. The summed E-state index contributed by atoms with van der Waals surface area (Å²) in [5.74, 6) is -0.345. The van der Waals surface area contributed by atoms with Gasteiger partial charge in [-0.25, -0.2) is 8.42 Å². The molecule has 2 aromatic rings. The lowest BCUT2D eigenvalue weighted by molar-refractivity contribution is 0.0912. The number of unbranched alkanes of at least 4 members (excludes halogenated alkanes) is 1. The number of nitrogens with one attached hydrogen (secondary N) is 2. The number of anilines is 1. The Balaban J connectivity index is 1.70. The number of piperidine rings is 1. The number of halogens is 1. The summed E-state index contributed by atoms with van der Waals surface area (Å²) in [6.07, 6.45) is 4.91. The molecule has 1 heterocycles. The molecule has 2 aromatic carbocycles. The van der Waals surface area contributed by atoms with Crippen LogP contribution in [0.3, 0.4) is 0 Å². The third-order valence-corrected chi connectivity index (χ3v) is 7.60. The molecule has 8 heteroatoms. The molecule has 0 aliphatic carbocycles. The zero-order valence-corrected chi connectivity index (χ0v) is 20.3. The normalized spacial score (nSPS) is 15.5. The van der Waals surface area contributed by atoms with Crippen molar-refractivity contribution in [1.29, 1.82) is 0 Å². The Hall–Kier alpha value is -2.09. The highest BCUT2D eigenvalue weighted by Gasteiger charge is 2.23. The van der Waals surface area contributed by atoms with Crippen molar-refractivity contribution in [1.82, 2.24) is 10.2 Å². The molecule has 32 heavy (non-hydrogen) atoms. The van der Waals surface area contributed by atoms with Crippen molar-refractivity contribution in [2.45, 2.75) is 56.9 Å². The number of sulfonamides is 1. The number of hydrogen-bond donors (Lipinski definition) is 2. The van der Waals surface area contributed by atoms with E-state index in [0.717, 1.165) is 51.7 Å². The van der Waals surface area contributed by atoms with Crippen molar-refractivity contribution in [3.63, 3.8) is 0 Å². The van der Waals surface area contributed by atoms with Crippen LogP contribution >= 0.6 is 11.6 Å². The Morgan fingerprint density at radius 1 is 1.09 bits per heavy atom.